The Balaban J connectivity index is 1.01. The van der Waals surface area contributed by atoms with Crippen LogP contribution in [0.25, 0.3) is 11.1 Å². The van der Waals surface area contributed by atoms with E-state index in [1.807, 2.05) is 54.4 Å². The van der Waals surface area contributed by atoms with Gasteiger partial charge in [-0.25, -0.2) is 9.59 Å². The number of halogens is 1. The molecule has 6 rings (SSSR count). The second-order valence-electron chi connectivity index (χ2n) is 18.8. The van der Waals surface area contributed by atoms with Crippen molar-refractivity contribution in [3.8, 4) is 16.9 Å². The smallest absolute Gasteiger partial charge is 0.318 e. The monoisotopic (exact) mass is 964 g/mol. The molecule has 2 saturated carbocycles. The number of para-hydroxylation sites is 1. The summed E-state index contributed by atoms with van der Waals surface area (Å²) in [6.45, 7) is 7.63. The number of unbranched alkanes of at least 4 members (excludes halogenated alkanes) is 1. The van der Waals surface area contributed by atoms with Crippen LogP contribution in [0.4, 0.5) is 9.59 Å². The second kappa shape index (κ2) is 25.9. The Morgan fingerprint density at radius 1 is 0.897 bits per heavy atom. The van der Waals surface area contributed by atoms with Gasteiger partial charge in [0.25, 0.3) is 0 Å². The fraction of sp³-hybridized carbons (Fsp3) is 0.608. The van der Waals surface area contributed by atoms with Gasteiger partial charge < -0.3 is 56.0 Å². The molecule has 374 valence electrons. The van der Waals surface area contributed by atoms with Gasteiger partial charge in [-0.2, -0.15) is 0 Å². The van der Waals surface area contributed by atoms with Crippen LogP contribution in [-0.2, 0) is 16.9 Å². The Hall–Kier alpha value is -4.55. The number of carbonyl (C=O) groups is 3. The van der Waals surface area contributed by atoms with Crippen LogP contribution in [-0.4, -0.2) is 153 Å². The molecule has 1 saturated heterocycles. The van der Waals surface area contributed by atoms with Crippen LogP contribution >= 0.6 is 11.6 Å². The first-order valence-electron chi connectivity index (χ1n) is 24.7. The van der Waals surface area contributed by atoms with Gasteiger partial charge in [-0.05, 0) is 105 Å². The number of carbonyl (C=O) groups excluding carboxylic acids is 3. The Kier molecular flexibility index (Phi) is 20.1. The Morgan fingerprint density at radius 3 is 2.38 bits per heavy atom. The summed E-state index contributed by atoms with van der Waals surface area (Å²) in [5.41, 5.74) is 4.13. The predicted octanol–water partition coefficient (Wildman–Crippen LogP) is 5.27. The van der Waals surface area contributed by atoms with Crippen molar-refractivity contribution < 1.29 is 44.7 Å². The quantitative estimate of drug-likeness (QED) is 0.0461. The maximum atomic E-state index is 14.4. The van der Waals surface area contributed by atoms with Crippen LogP contribution < -0.4 is 20.7 Å². The van der Waals surface area contributed by atoms with Crippen LogP contribution in [0.3, 0.4) is 0 Å². The van der Waals surface area contributed by atoms with E-state index in [1.165, 1.54) is 0 Å². The lowest BCUT2D eigenvalue weighted by Crippen LogP contribution is -2.54. The SMILES string of the molecule is CCC[C@@H](O)[C@H](O)[C@@H](O)CNC(=O)N1CCN(CCNC(=O)CCCC(C)c2ccc(Cl)c(CN(C(=O)NCCCC[C@H](O)CO)C3(c4cnccc4-c4ccccc4OC4CC4)CC3)c2)CC1. The summed E-state index contributed by atoms with van der Waals surface area (Å²) in [7, 11) is 0. The van der Waals surface area contributed by atoms with Gasteiger partial charge in [-0.3, -0.25) is 14.7 Å². The van der Waals surface area contributed by atoms with E-state index < -0.39 is 30.0 Å². The van der Waals surface area contributed by atoms with Gasteiger partial charge in [0.05, 0.1) is 36.6 Å². The summed E-state index contributed by atoms with van der Waals surface area (Å²) in [6.07, 6.45) is 7.62. The number of nitrogens with one attached hydrogen (secondary N) is 3. The third-order valence-electron chi connectivity index (χ3n) is 13.5. The molecule has 2 aliphatic carbocycles. The fourth-order valence-corrected chi connectivity index (χ4v) is 9.13. The molecule has 1 aromatic heterocycles. The van der Waals surface area contributed by atoms with Crippen molar-refractivity contribution in [1.29, 1.82) is 0 Å². The summed E-state index contributed by atoms with van der Waals surface area (Å²) in [6, 6.07) is 15.5. The van der Waals surface area contributed by atoms with Gasteiger partial charge in [-0.1, -0.05) is 62.2 Å². The van der Waals surface area contributed by atoms with Gasteiger partial charge in [0.2, 0.25) is 5.91 Å². The van der Waals surface area contributed by atoms with E-state index in [2.05, 4.69) is 44.9 Å². The highest BCUT2D eigenvalue weighted by molar-refractivity contribution is 6.31. The topological polar surface area (TPSA) is 220 Å². The van der Waals surface area contributed by atoms with Gasteiger partial charge in [0.1, 0.15) is 11.9 Å². The third kappa shape index (κ3) is 15.0. The van der Waals surface area contributed by atoms with Crippen LogP contribution in [0.1, 0.15) is 114 Å². The molecule has 68 heavy (non-hydrogen) atoms. The maximum Gasteiger partial charge on any atom is 0.318 e. The minimum atomic E-state index is -1.33. The first kappa shape index (κ1) is 52.8. The zero-order chi connectivity index (χ0) is 48.6. The summed E-state index contributed by atoms with van der Waals surface area (Å²) in [5.74, 6) is 0.914. The highest BCUT2D eigenvalue weighted by Crippen LogP contribution is 2.55. The number of hydrogen-bond donors (Lipinski definition) is 8. The summed E-state index contributed by atoms with van der Waals surface area (Å²) < 4.78 is 6.35. The van der Waals surface area contributed by atoms with E-state index in [0.717, 1.165) is 65.7 Å². The lowest BCUT2D eigenvalue weighted by atomic mass is 9.92. The zero-order valence-corrected chi connectivity index (χ0v) is 40.6. The lowest BCUT2D eigenvalue weighted by Gasteiger charge is -2.35. The highest BCUT2D eigenvalue weighted by Gasteiger charge is 2.53. The Labute approximate surface area is 406 Å². The van der Waals surface area contributed by atoms with Crippen LogP contribution in [0.5, 0.6) is 5.75 Å². The van der Waals surface area contributed by atoms with Crippen molar-refractivity contribution in [2.24, 2.45) is 0 Å². The number of pyridine rings is 1. The third-order valence-corrected chi connectivity index (χ3v) is 13.9. The molecule has 3 aliphatic rings. The molecule has 17 heteroatoms. The Morgan fingerprint density at radius 2 is 1.66 bits per heavy atom. The molecule has 2 aromatic carbocycles. The minimum Gasteiger partial charge on any atom is -0.490 e. The van der Waals surface area contributed by atoms with Crippen molar-refractivity contribution in [2.75, 3.05) is 59.0 Å². The normalized spacial score (nSPS) is 17.9. The second-order valence-corrected chi connectivity index (χ2v) is 19.2. The van der Waals surface area contributed by atoms with Crippen molar-refractivity contribution >= 4 is 29.6 Å². The van der Waals surface area contributed by atoms with E-state index in [1.54, 1.807) is 11.1 Å². The number of aliphatic hydroxyl groups excluding tert-OH is 5. The van der Waals surface area contributed by atoms with Gasteiger partial charge >= 0.3 is 12.1 Å². The van der Waals surface area contributed by atoms with E-state index in [9.17, 15) is 39.9 Å². The van der Waals surface area contributed by atoms with Crippen LogP contribution in [0, 0.1) is 0 Å². The molecule has 5 amide bonds. The molecule has 5 atom stereocenters. The average Bonchev–Trinajstić information content (AvgIpc) is 4.30. The number of aliphatic hydroxyl groups is 5. The van der Waals surface area contributed by atoms with Gasteiger partial charge in [-0.15, -0.1) is 0 Å². The van der Waals surface area contributed by atoms with Crippen LogP contribution in [0.2, 0.25) is 5.02 Å². The lowest BCUT2D eigenvalue weighted by molar-refractivity contribution is -0.121. The summed E-state index contributed by atoms with van der Waals surface area (Å²) in [5, 5.41) is 58.7. The van der Waals surface area contributed by atoms with E-state index in [-0.39, 0.29) is 49.7 Å². The molecule has 0 bridgehead atoms. The van der Waals surface area contributed by atoms with E-state index >= 15 is 0 Å². The molecular weight excluding hydrogens is 890 g/mol. The number of benzene rings is 2. The van der Waals surface area contributed by atoms with Crippen molar-refractivity contribution in [2.45, 2.75) is 139 Å². The summed E-state index contributed by atoms with van der Waals surface area (Å²) in [4.78, 5) is 50.3. The molecule has 8 N–H and O–H groups in total. The van der Waals surface area contributed by atoms with Crippen molar-refractivity contribution in [3.63, 3.8) is 0 Å². The number of piperazine rings is 1. The molecule has 0 spiro atoms. The number of hydrogen-bond acceptors (Lipinski definition) is 11. The fourth-order valence-electron chi connectivity index (χ4n) is 8.96. The van der Waals surface area contributed by atoms with Gasteiger partial charge in [0, 0.05) is 93.9 Å². The maximum absolute atomic E-state index is 14.4. The van der Waals surface area contributed by atoms with E-state index in [0.29, 0.717) is 95.8 Å². The van der Waals surface area contributed by atoms with Gasteiger partial charge in [0.15, 0.2) is 0 Å². The van der Waals surface area contributed by atoms with E-state index in [4.69, 9.17) is 16.3 Å². The zero-order valence-electron chi connectivity index (χ0n) is 39.8. The molecule has 3 fully saturated rings. The molecule has 0 radical (unpaired) electrons. The van der Waals surface area contributed by atoms with Crippen LogP contribution in [0.15, 0.2) is 60.9 Å². The Bertz CT molecular complexity index is 2080. The molecule has 16 nitrogen and oxygen atoms in total. The standard InChI is InChI=1S/C51H74ClN7O9/c1-3-9-44(62)48(65)45(63)32-56-49(66)58-28-26-57(27-29-58)25-24-54-47(64)14-8-10-35(2)36-15-18-43(52)37(30-36)33-59(50(67)55-22-7-6-11-38(61)34-60)51(20-21-51)42-31-53-23-19-40(42)41-12-4-5-13-46(41)68-39-16-17-39/h4-5,12-13,15,18-19,23,30-31,35,38-39,44-45,48,60-63,65H,3,6-11,14,16-17,20-22,24-29,32-34H2,1-2H3,(H,54,64)(H,55,67)(H,56,66)/t35?,38-,44+,45-,48-/m0/s1. The molecule has 1 unspecified atom stereocenters. The number of rotatable bonds is 27. The molecular formula is C51H74ClN7O9. The molecule has 3 aromatic rings. The minimum absolute atomic E-state index is 0.0192. The first-order chi connectivity index (χ1) is 32.8. The number of aromatic nitrogens is 1. The van der Waals surface area contributed by atoms with Crippen molar-refractivity contribution in [1.82, 2.24) is 35.6 Å². The predicted molar refractivity (Wildman–Crippen MR) is 261 cm³/mol. The van der Waals surface area contributed by atoms with Crippen molar-refractivity contribution in [3.05, 3.63) is 82.6 Å². The molecule has 1 aliphatic heterocycles. The first-order valence-corrected chi connectivity index (χ1v) is 25.1. The number of amides is 5. The summed E-state index contributed by atoms with van der Waals surface area (Å²) >= 11 is 6.95. The number of nitrogens with zero attached hydrogens (tertiary/aromatic N) is 4. The largest absolute Gasteiger partial charge is 0.490 e. The molecule has 2 heterocycles. The average molecular weight is 965 g/mol. The highest BCUT2D eigenvalue weighted by atomic mass is 35.5. The number of urea groups is 2. The number of ether oxygens (including phenoxy) is 1.